The van der Waals surface area contributed by atoms with E-state index in [2.05, 4.69) is 42.7 Å². The Morgan fingerprint density at radius 1 is 1.12 bits per heavy atom. The molecule has 0 aliphatic rings. The van der Waals surface area contributed by atoms with Gasteiger partial charge in [-0.3, -0.25) is 0 Å². The molecule has 1 aromatic carbocycles. The lowest BCUT2D eigenvalue weighted by molar-refractivity contribution is 0.595. The summed E-state index contributed by atoms with van der Waals surface area (Å²) in [4.78, 5) is 0. The van der Waals surface area contributed by atoms with Crippen molar-refractivity contribution < 1.29 is 0 Å². The molecule has 0 bridgehead atoms. The summed E-state index contributed by atoms with van der Waals surface area (Å²) < 4.78 is 2.29. The number of benzene rings is 1. The number of nitrogens with zero attached hydrogens (tertiary/aromatic N) is 1. The molecule has 3 heteroatoms. The predicted octanol–water partition coefficient (Wildman–Crippen LogP) is 2.14. The highest BCUT2D eigenvalue weighted by molar-refractivity contribution is 5.82. The lowest BCUT2D eigenvalue weighted by Gasteiger charge is -2.14. The van der Waals surface area contributed by atoms with Gasteiger partial charge in [0.15, 0.2) is 0 Å². The van der Waals surface area contributed by atoms with E-state index in [0.717, 1.165) is 5.56 Å². The summed E-state index contributed by atoms with van der Waals surface area (Å²) in [7, 11) is 0. The monoisotopic (exact) mass is 217 g/mol. The van der Waals surface area contributed by atoms with Crippen LogP contribution in [0.1, 0.15) is 31.1 Å². The molecule has 0 aliphatic carbocycles. The first-order chi connectivity index (χ1) is 7.67. The minimum atomic E-state index is 0.420. The van der Waals surface area contributed by atoms with Crippen molar-refractivity contribution in [3.05, 3.63) is 35.5 Å². The molecule has 2 rings (SSSR count). The average molecular weight is 217 g/mol. The van der Waals surface area contributed by atoms with Crippen molar-refractivity contribution in [2.24, 2.45) is 11.5 Å². The molecule has 3 nitrogen and oxygen atoms in total. The van der Waals surface area contributed by atoms with Gasteiger partial charge in [-0.05, 0) is 36.9 Å². The molecule has 1 aromatic heterocycles. The van der Waals surface area contributed by atoms with Gasteiger partial charge in [-0.15, -0.1) is 0 Å². The first-order valence-electron chi connectivity index (χ1n) is 5.70. The van der Waals surface area contributed by atoms with Crippen molar-refractivity contribution in [1.82, 2.24) is 4.57 Å². The second-order valence-corrected chi connectivity index (χ2v) is 4.40. The molecule has 1 heterocycles. The van der Waals surface area contributed by atoms with Gasteiger partial charge in [0.2, 0.25) is 0 Å². The van der Waals surface area contributed by atoms with Crippen LogP contribution in [-0.2, 0) is 13.1 Å². The van der Waals surface area contributed by atoms with Gasteiger partial charge in [0.1, 0.15) is 0 Å². The summed E-state index contributed by atoms with van der Waals surface area (Å²) in [6.07, 6.45) is 0. The zero-order valence-electron chi connectivity index (χ0n) is 9.90. The van der Waals surface area contributed by atoms with Crippen LogP contribution in [0.25, 0.3) is 10.9 Å². The highest BCUT2D eigenvalue weighted by Gasteiger charge is 2.10. The van der Waals surface area contributed by atoms with Crippen molar-refractivity contribution in [2.75, 3.05) is 0 Å². The molecule has 0 unspecified atom stereocenters. The Balaban J connectivity index is 2.70. The number of hydrogen-bond donors (Lipinski definition) is 2. The Morgan fingerprint density at radius 3 is 2.44 bits per heavy atom. The van der Waals surface area contributed by atoms with Crippen molar-refractivity contribution in [2.45, 2.75) is 33.0 Å². The molecule has 0 fully saturated rings. The van der Waals surface area contributed by atoms with Gasteiger partial charge >= 0.3 is 0 Å². The molecule has 0 spiro atoms. The highest BCUT2D eigenvalue weighted by atomic mass is 15.0. The van der Waals surface area contributed by atoms with Gasteiger partial charge in [-0.25, -0.2) is 0 Å². The number of nitrogens with two attached hydrogens (primary N) is 2. The first-order valence-corrected chi connectivity index (χ1v) is 5.70. The number of hydrogen-bond acceptors (Lipinski definition) is 2. The van der Waals surface area contributed by atoms with Gasteiger partial charge < -0.3 is 16.0 Å². The molecule has 0 aliphatic heterocycles. The van der Waals surface area contributed by atoms with Crippen molar-refractivity contribution in [3.63, 3.8) is 0 Å². The quantitative estimate of drug-likeness (QED) is 0.827. The van der Waals surface area contributed by atoms with Crippen LogP contribution in [0.5, 0.6) is 0 Å². The lowest BCUT2D eigenvalue weighted by Crippen LogP contribution is -2.09. The van der Waals surface area contributed by atoms with Crippen LogP contribution in [0, 0.1) is 0 Å². The molecule has 0 atom stereocenters. The van der Waals surface area contributed by atoms with Crippen LogP contribution in [0.15, 0.2) is 24.3 Å². The van der Waals surface area contributed by atoms with E-state index in [4.69, 9.17) is 11.5 Å². The molecule has 2 aromatic rings. The van der Waals surface area contributed by atoms with Gasteiger partial charge in [-0.2, -0.15) is 0 Å². The SMILES string of the molecule is CC(C)n1c(CN)cc2ccc(CN)cc21. The van der Waals surface area contributed by atoms with E-state index in [1.807, 2.05) is 0 Å². The molecule has 4 N–H and O–H groups in total. The van der Waals surface area contributed by atoms with Crippen LogP contribution in [-0.4, -0.2) is 4.57 Å². The standard InChI is InChI=1S/C13H19N3/c1-9(2)16-12(8-15)6-11-4-3-10(7-14)5-13(11)16/h3-6,9H,7-8,14-15H2,1-2H3. The third kappa shape index (κ3) is 1.72. The Hall–Kier alpha value is -1.32. The number of fused-ring (bicyclic) bond motifs is 1. The van der Waals surface area contributed by atoms with E-state index in [9.17, 15) is 0 Å². The Bertz CT molecular complexity index is 497. The Labute approximate surface area is 96.0 Å². The van der Waals surface area contributed by atoms with Crippen LogP contribution in [0.3, 0.4) is 0 Å². The molecule has 0 saturated carbocycles. The van der Waals surface area contributed by atoms with E-state index >= 15 is 0 Å². The van der Waals surface area contributed by atoms with Crippen LogP contribution in [0.4, 0.5) is 0 Å². The largest absolute Gasteiger partial charge is 0.341 e. The van der Waals surface area contributed by atoms with E-state index in [1.54, 1.807) is 0 Å². The third-order valence-electron chi connectivity index (χ3n) is 2.95. The smallest absolute Gasteiger partial charge is 0.0488 e. The van der Waals surface area contributed by atoms with Gasteiger partial charge in [-0.1, -0.05) is 12.1 Å². The van der Waals surface area contributed by atoms with Crippen molar-refractivity contribution >= 4 is 10.9 Å². The molecule has 0 amide bonds. The molecule has 16 heavy (non-hydrogen) atoms. The summed E-state index contributed by atoms with van der Waals surface area (Å²) in [5, 5.41) is 1.24. The topological polar surface area (TPSA) is 57.0 Å². The molecule has 0 saturated heterocycles. The molecular weight excluding hydrogens is 198 g/mol. The maximum Gasteiger partial charge on any atom is 0.0488 e. The van der Waals surface area contributed by atoms with Crippen molar-refractivity contribution in [1.29, 1.82) is 0 Å². The second-order valence-electron chi connectivity index (χ2n) is 4.40. The Morgan fingerprint density at radius 2 is 1.88 bits per heavy atom. The summed E-state index contributed by atoms with van der Waals surface area (Å²) in [5.41, 5.74) is 15.0. The zero-order chi connectivity index (χ0) is 11.7. The van der Waals surface area contributed by atoms with Gasteiger partial charge in [0.25, 0.3) is 0 Å². The van der Waals surface area contributed by atoms with Crippen molar-refractivity contribution in [3.8, 4) is 0 Å². The fourth-order valence-corrected chi connectivity index (χ4v) is 2.22. The molecule has 0 radical (unpaired) electrons. The normalized spacial score (nSPS) is 11.6. The summed E-state index contributed by atoms with van der Waals surface area (Å²) in [5.74, 6) is 0. The maximum atomic E-state index is 5.78. The van der Waals surface area contributed by atoms with E-state index in [1.165, 1.54) is 16.6 Å². The minimum Gasteiger partial charge on any atom is -0.341 e. The van der Waals surface area contributed by atoms with Crippen LogP contribution in [0.2, 0.25) is 0 Å². The first kappa shape index (κ1) is 11.2. The number of rotatable bonds is 3. The predicted molar refractivity (Wildman–Crippen MR) is 68.1 cm³/mol. The maximum absolute atomic E-state index is 5.78. The Kier molecular flexibility index (Phi) is 2.99. The van der Waals surface area contributed by atoms with Crippen LogP contribution >= 0.6 is 0 Å². The van der Waals surface area contributed by atoms with Gasteiger partial charge in [0.05, 0.1) is 0 Å². The minimum absolute atomic E-state index is 0.420. The average Bonchev–Trinajstić information content (AvgIpc) is 2.65. The van der Waals surface area contributed by atoms with Gasteiger partial charge in [0, 0.05) is 30.3 Å². The summed E-state index contributed by atoms with van der Waals surface area (Å²) in [6, 6.07) is 8.94. The molecular formula is C13H19N3. The van der Waals surface area contributed by atoms with E-state index < -0.39 is 0 Å². The highest BCUT2D eigenvalue weighted by Crippen LogP contribution is 2.24. The lowest BCUT2D eigenvalue weighted by atomic mass is 10.1. The van der Waals surface area contributed by atoms with E-state index in [0.29, 0.717) is 19.1 Å². The van der Waals surface area contributed by atoms with Crippen LogP contribution < -0.4 is 11.5 Å². The molecule has 86 valence electrons. The number of aromatic nitrogens is 1. The third-order valence-corrected chi connectivity index (χ3v) is 2.95. The van der Waals surface area contributed by atoms with E-state index in [-0.39, 0.29) is 0 Å². The fourth-order valence-electron chi connectivity index (χ4n) is 2.22. The summed E-state index contributed by atoms with van der Waals surface area (Å²) >= 11 is 0. The zero-order valence-corrected chi connectivity index (χ0v) is 9.90. The second kappa shape index (κ2) is 4.28. The summed E-state index contributed by atoms with van der Waals surface area (Å²) in [6.45, 7) is 5.50. The fraction of sp³-hybridized carbons (Fsp3) is 0.385.